The Balaban J connectivity index is 2.96. The van der Waals surface area contributed by atoms with Gasteiger partial charge >= 0.3 is 68.7 Å². The molecule has 0 saturated carbocycles. The third-order valence-corrected chi connectivity index (χ3v) is 2.22. The van der Waals surface area contributed by atoms with Crippen LogP contribution in [0.25, 0.3) is 0 Å². The van der Waals surface area contributed by atoms with Crippen LogP contribution in [0.3, 0.4) is 0 Å². The van der Waals surface area contributed by atoms with Crippen molar-refractivity contribution in [2.45, 2.75) is 5.21 Å². The molecule has 10 heavy (non-hydrogen) atoms. The fourth-order valence-electron chi connectivity index (χ4n) is 0.767. The SMILES string of the molecule is COc1ccncc1C[AsH2]. The van der Waals surface area contributed by atoms with E-state index in [9.17, 15) is 0 Å². The zero-order valence-electron chi connectivity index (χ0n) is 5.87. The Labute approximate surface area is 69.1 Å². The number of aromatic nitrogens is 1. The summed E-state index contributed by atoms with van der Waals surface area (Å²) < 4.78 is 5.11. The number of ether oxygens (including phenoxy) is 1. The van der Waals surface area contributed by atoms with Crippen LogP contribution >= 0.6 is 0 Å². The zero-order chi connectivity index (χ0) is 7.40. The van der Waals surface area contributed by atoms with E-state index in [0.717, 1.165) is 11.0 Å². The van der Waals surface area contributed by atoms with E-state index in [0.29, 0.717) is 0 Å². The summed E-state index contributed by atoms with van der Waals surface area (Å²) >= 11 is 1.67. The van der Waals surface area contributed by atoms with Crippen LogP contribution in [0.1, 0.15) is 5.56 Å². The summed E-state index contributed by atoms with van der Waals surface area (Å²) in [4.78, 5) is 3.99. The van der Waals surface area contributed by atoms with Gasteiger partial charge in [-0.2, -0.15) is 0 Å². The Morgan fingerprint density at radius 2 is 2.50 bits per heavy atom. The Kier molecular flexibility index (Phi) is 2.76. The summed E-state index contributed by atoms with van der Waals surface area (Å²) in [5, 5.41) is 1.03. The van der Waals surface area contributed by atoms with E-state index in [1.54, 1.807) is 30.2 Å². The van der Waals surface area contributed by atoms with Gasteiger partial charge < -0.3 is 0 Å². The molecule has 0 fully saturated rings. The first kappa shape index (κ1) is 7.61. The molecule has 0 spiro atoms. The second-order valence-electron chi connectivity index (χ2n) is 1.89. The van der Waals surface area contributed by atoms with Crippen molar-refractivity contribution in [3.05, 3.63) is 24.0 Å². The maximum absolute atomic E-state index is 5.11. The monoisotopic (exact) mass is 199 g/mol. The normalized spacial score (nSPS) is 9.40. The van der Waals surface area contributed by atoms with Crippen molar-refractivity contribution in [3.8, 4) is 5.75 Å². The van der Waals surface area contributed by atoms with Crippen LogP contribution in [0.15, 0.2) is 18.5 Å². The number of pyridine rings is 1. The standard InChI is InChI=1S/C7H10AsNO/c1-10-7-2-3-9-5-6(7)4-8/h2-3,5H,4,8H2,1H3. The van der Waals surface area contributed by atoms with E-state index < -0.39 is 0 Å². The Morgan fingerprint density at radius 1 is 1.70 bits per heavy atom. The number of methoxy groups -OCH3 is 1. The van der Waals surface area contributed by atoms with Gasteiger partial charge in [-0.25, -0.2) is 0 Å². The van der Waals surface area contributed by atoms with Crippen molar-refractivity contribution in [1.29, 1.82) is 0 Å². The van der Waals surface area contributed by atoms with Crippen LogP contribution in [-0.2, 0) is 5.21 Å². The van der Waals surface area contributed by atoms with E-state index in [1.165, 1.54) is 5.56 Å². The van der Waals surface area contributed by atoms with Crippen molar-refractivity contribution in [1.82, 2.24) is 4.98 Å². The van der Waals surface area contributed by atoms with Crippen molar-refractivity contribution >= 4 is 16.9 Å². The van der Waals surface area contributed by atoms with E-state index >= 15 is 0 Å². The molecule has 54 valence electrons. The molecule has 2 nitrogen and oxygen atoms in total. The van der Waals surface area contributed by atoms with Crippen LogP contribution in [0, 0.1) is 0 Å². The third kappa shape index (κ3) is 1.51. The second kappa shape index (κ2) is 3.62. The first-order valence-electron chi connectivity index (χ1n) is 3.05. The number of nitrogens with zero attached hydrogens (tertiary/aromatic N) is 1. The first-order valence-corrected chi connectivity index (χ1v) is 4.76. The van der Waals surface area contributed by atoms with Crippen LogP contribution in [-0.4, -0.2) is 28.9 Å². The minimum atomic E-state index is 0.944. The summed E-state index contributed by atoms with van der Waals surface area (Å²) in [6, 6.07) is 1.88. The van der Waals surface area contributed by atoms with Gasteiger partial charge in [0.05, 0.1) is 0 Å². The van der Waals surface area contributed by atoms with Gasteiger partial charge in [0.15, 0.2) is 0 Å². The minimum absolute atomic E-state index is 0.944. The van der Waals surface area contributed by atoms with Gasteiger partial charge in [0.1, 0.15) is 0 Å². The quantitative estimate of drug-likeness (QED) is 0.636. The second-order valence-corrected chi connectivity index (χ2v) is 2.75. The topological polar surface area (TPSA) is 22.1 Å². The summed E-state index contributed by atoms with van der Waals surface area (Å²) in [6.07, 6.45) is 3.59. The molecule has 0 saturated heterocycles. The Bertz CT molecular complexity index is 192. The molecular formula is C7H10AsNO. The molecule has 0 radical (unpaired) electrons. The zero-order valence-corrected chi connectivity index (χ0v) is 8.29. The van der Waals surface area contributed by atoms with E-state index in [2.05, 4.69) is 4.98 Å². The Morgan fingerprint density at radius 3 is 3.00 bits per heavy atom. The van der Waals surface area contributed by atoms with Gasteiger partial charge in [-0.3, -0.25) is 0 Å². The molecule has 1 atom stereocenters. The van der Waals surface area contributed by atoms with Crippen molar-refractivity contribution in [2.24, 2.45) is 0 Å². The molecule has 0 bridgehead atoms. The van der Waals surface area contributed by atoms with Crippen molar-refractivity contribution in [2.75, 3.05) is 7.11 Å². The van der Waals surface area contributed by atoms with Crippen LogP contribution in [0.5, 0.6) is 5.75 Å². The van der Waals surface area contributed by atoms with E-state index in [-0.39, 0.29) is 0 Å². The molecule has 0 aliphatic carbocycles. The molecule has 1 aromatic rings. The third-order valence-electron chi connectivity index (χ3n) is 1.30. The van der Waals surface area contributed by atoms with Crippen molar-refractivity contribution < 1.29 is 4.74 Å². The molecule has 0 aliphatic heterocycles. The molecule has 1 aromatic heterocycles. The van der Waals surface area contributed by atoms with Crippen LogP contribution < -0.4 is 4.74 Å². The van der Waals surface area contributed by atoms with Gasteiger partial charge in [0, 0.05) is 0 Å². The average molecular weight is 199 g/mol. The van der Waals surface area contributed by atoms with Gasteiger partial charge in [0.25, 0.3) is 0 Å². The summed E-state index contributed by atoms with van der Waals surface area (Å²) in [7, 11) is 1.68. The molecule has 3 heteroatoms. The summed E-state index contributed by atoms with van der Waals surface area (Å²) in [5.41, 5.74) is 1.19. The predicted molar refractivity (Wildman–Crippen MR) is 43.0 cm³/mol. The number of hydrogen-bond acceptors (Lipinski definition) is 2. The first-order chi connectivity index (χ1) is 4.88. The molecule has 0 aliphatic rings. The van der Waals surface area contributed by atoms with Gasteiger partial charge in [-0.15, -0.1) is 0 Å². The fourth-order valence-corrected chi connectivity index (χ4v) is 1.41. The molecule has 0 amide bonds. The van der Waals surface area contributed by atoms with E-state index in [1.807, 2.05) is 12.3 Å². The number of hydrogen-bond donors (Lipinski definition) is 0. The molecular weight excluding hydrogens is 189 g/mol. The summed E-state index contributed by atoms with van der Waals surface area (Å²) in [5.74, 6) is 0.944. The predicted octanol–water partition coefficient (Wildman–Crippen LogP) is 0.223. The van der Waals surface area contributed by atoms with Gasteiger partial charge in [0.2, 0.25) is 0 Å². The van der Waals surface area contributed by atoms with Crippen LogP contribution in [0.4, 0.5) is 0 Å². The maximum atomic E-state index is 5.11. The molecule has 1 heterocycles. The molecule has 0 N–H and O–H groups in total. The van der Waals surface area contributed by atoms with Crippen LogP contribution in [0.2, 0.25) is 0 Å². The van der Waals surface area contributed by atoms with E-state index in [4.69, 9.17) is 4.74 Å². The van der Waals surface area contributed by atoms with Crippen molar-refractivity contribution in [3.63, 3.8) is 0 Å². The Hall–Kier alpha value is -0.492. The summed E-state index contributed by atoms with van der Waals surface area (Å²) in [6.45, 7) is 0. The van der Waals surface area contributed by atoms with Gasteiger partial charge in [-0.1, -0.05) is 0 Å². The van der Waals surface area contributed by atoms with Gasteiger partial charge in [-0.05, 0) is 0 Å². The molecule has 1 unspecified atom stereocenters. The molecule has 0 aromatic carbocycles. The average Bonchev–Trinajstić information content (AvgIpc) is 2.04. The fraction of sp³-hybridized carbons (Fsp3) is 0.286. The number of rotatable bonds is 2. The molecule has 1 rings (SSSR count).